The van der Waals surface area contributed by atoms with E-state index in [2.05, 4.69) is 9.72 Å². The molecule has 100 valence electrons. The van der Waals surface area contributed by atoms with Crippen molar-refractivity contribution in [1.29, 1.82) is 0 Å². The second-order valence-electron chi connectivity index (χ2n) is 3.67. The number of aromatic hydroxyl groups is 1. The molecule has 2 atom stereocenters. The van der Waals surface area contributed by atoms with Crippen LogP contribution in [0.5, 0.6) is 5.75 Å². The van der Waals surface area contributed by atoms with Gasteiger partial charge in [-0.05, 0) is 13.0 Å². The van der Waals surface area contributed by atoms with Gasteiger partial charge >= 0.3 is 5.97 Å². The summed E-state index contributed by atoms with van der Waals surface area (Å²) in [5.41, 5.74) is -0.602. The number of nitrogens with one attached hydrogen (secondary N) is 1. The average Bonchev–Trinajstić information content (AvgIpc) is 2.32. The highest BCUT2D eigenvalue weighted by Crippen LogP contribution is 2.19. The normalized spacial score (nSPS) is 13.9. The van der Waals surface area contributed by atoms with E-state index in [0.717, 1.165) is 12.3 Å². The van der Waals surface area contributed by atoms with E-state index in [4.69, 9.17) is 5.11 Å². The van der Waals surface area contributed by atoms with Gasteiger partial charge in [0.1, 0.15) is 6.10 Å². The molecule has 7 nitrogen and oxygen atoms in total. The Bertz CT molecular complexity index is 469. The van der Waals surface area contributed by atoms with Crippen LogP contribution in [0.1, 0.15) is 25.0 Å². The van der Waals surface area contributed by atoms with E-state index >= 15 is 0 Å². The summed E-state index contributed by atoms with van der Waals surface area (Å²) in [5, 5.41) is 28.5. The van der Waals surface area contributed by atoms with Crippen molar-refractivity contribution in [2.75, 3.05) is 6.61 Å². The Labute approximate surface area is 103 Å². The van der Waals surface area contributed by atoms with Gasteiger partial charge in [0, 0.05) is 11.8 Å². The molecule has 0 amide bonds. The zero-order valence-electron chi connectivity index (χ0n) is 9.79. The van der Waals surface area contributed by atoms with Crippen molar-refractivity contribution in [3.05, 3.63) is 28.2 Å². The van der Waals surface area contributed by atoms with Crippen LogP contribution in [0.4, 0.5) is 0 Å². The Morgan fingerprint density at radius 2 is 2.17 bits per heavy atom. The van der Waals surface area contributed by atoms with E-state index in [9.17, 15) is 19.8 Å². The predicted molar refractivity (Wildman–Crippen MR) is 60.9 cm³/mol. The van der Waals surface area contributed by atoms with Crippen molar-refractivity contribution in [3.8, 4) is 5.75 Å². The largest absolute Gasteiger partial charge is 0.503 e. The van der Waals surface area contributed by atoms with Gasteiger partial charge in [0.2, 0.25) is 0 Å². The maximum atomic E-state index is 11.1. The van der Waals surface area contributed by atoms with Gasteiger partial charge in [0.25, 0.3) is 5.56 Å². The Morgan fingerprint density at radius 1 is 1.50 bits per heavy atom. The molecular formula is C11H15NO6. The van der Waals surface area contributed by atoms with Crippen molar-refractivity contribution in [2.24, 2.45) is 0 Å². The van der Waals surface area contributed by atoms with E-state index in [1.165, 1.54) is 0 Å². The number of aliphatic hydroxyl groups is 2. The van der Waals surface area contributed by atoms with Gasteiger partial charge in [0.15, 0.2) is 5.75 Å². The molecule has 1 aromatic heterocycles. The third-order valence-electron chi connectivity index (χ3n) is 2.29. The molecule has 0 saturated heterocycles. The number of hydrogen-bond acceptors (Lipinski definition) is 6. The topological polar surface area (TPSA) is 120 Å². The fourth-order valence-corrected chi connectivity index (χ4v) is 1.38. The maximum absolute atomic E-state index is 11.1. The summed E-state index contributed by atoms with van der Waals surface area (Å²) in [5.74, 6) is -1.22. The molecule has 18 heavy (non-hydrogen) atoms. The van der Waals surface area contributed by atoms with Crippen LogP contribution in [-0.2, 0) is 9.53 Å². The first-order valence-corrected chi connectivity index (χ1v) is 5.39. The van der Waals surface area contributed by atoms with E-state index in [1.54, 1.807) is 6.92 Å². The number of rotatable bonds is 5. The Balaban J connectivity index is 2.73. The lowest BCUT2D eigenvalue weighted by Gasteiger charge is -2.17. The molecule has 0 saturated carbocycles. The van der Waals surface area contributed by atoms with Crippen LogP contribution in [0.3, 0.4) is 0 Å². The summed E-state index contributed by atoms with van der Waals surface area (Å²) in [6, 6.07) is 1.03. The monoisotopic (exact) mass is 257 g/mol. The minimum Gasteiger partial charge on any atom is -0.503 e. The van der Waals surface area contributed by atoms with E-state index in [1.807, 2.05) is 0 Å². The van der Waals surface area contributed by atoms with E-state index < -0.39 is 29.5 Å². The van der Waals surface area contributed by atoms with Gasteiger partial charge < -0.3 is 25.0 Å². The van der Waals surface area contributed by atoms with Crippen molar-refractivity contribution in [2.45, 2.75) is 25.6 Å². The van der Waals surface area contributed by atoms with Crippen LogP contribution in [0, 0.1) is 0 Å². The lowest BCUT2D eigenvalue weighted by Crippen LogP contribution is -2.23. The van der Waals surface area contributed by atoms with Crippen LogP contribution in [0.2, 0.25) is 0 Å². The van der Waals surface area contributed by atoms with E-state index in [-0.39, 0.29) is 18.6 Å². The number of esters is 1. The van der Waals surface area contributed by atoms with Crippen LogP contribution >= 0.6 is 0 Å². The zero-order valence-corrected chi connectivity index (χ0v) is 9.79. The second kappa shape index (κ2) is 6.18. The molecule has 0 aliphatic rings. The minimum atomic E-state index is -1.41. The van der Waals surface area contributed by atoms with Gasteiger partial charge in [0.05, 0.1) is 19.1 Å². The lowest BCUT2D eigenvalue weighted by atomic mass is 10.0. The van der Waals surface area contributed by atoms with Gasteiger partial charge in [-0.25, -0.2) is 0 Å². The molecule has 0 aliphatic carbocycles. The number of carbonyl (C=O) groups is 1. The summed E-state index contributed by atoms with van der Waals surface area (Å²) in [6.45, 7) is 1.81. The van der Waals surface area contributed by atoms with Crippen LogP contribution in [0.15, 0.2) is 17.1 Å². The SMILES string of the molecule is CCOC(=O)CC(O)C(O)c1c[nH]c(=O)c(O)c1. The number of H-pyrrole nitrogens is 1. The molecule has 2 unspecified atom stereocenters. The molecule has 0 aliphatic heterocycles. The molecule has 0 aromatic carbocycles. The zero-order chi connectivity index (χ0) is 13.7. The van der Waals surface area contributed by atoms with E-state index in [0.29, 0.717) is 0 Å². The van der Waals surface area contributed by atoms with Gasteiger partial charge in [-0.15, -0.1) is 0 Å². The number of aromatic amines is 1. The fraction of sp³-hybridized carbons (Fsp3) is 0.455. The number of pyridine rings is 1. The first-order valence-electron chi connectivity index (χ1n) is 5.39. The third kappa shape index (κ3) is 3.57. The average molecular weight is 257 g/mol. The first-order chi connectivity index (χ1) is 8.45. The van der Waals surface area contributed by atoms with Crippen molar-refractivity contribution >= 4 is 5.97 Å². The van der Waals surface area contributed by atoms with Crippen LogP contribution in [0.25, 0.3) is 0 Å². The Kier molecular flexibility index (Phi) is 4.87. The molecule has 0 fully saturated rings. The third-order valence-corrected chi connectivity index (χ3v) is 2.29. The van der Waals surface area contributed by atoms with Gasteiger partial charge in [-0.1, -0.05) is 0 Å². The first kappa shape index (κ1) is 14.2. The number of carbonyl (C=O) groups excluding carboxylic acids is 1. The molecule has 4 N–H and O–H groups in total. The quantitative estimate of drug-likeness (QED) is 0.524. The summed E-state index contributed by atoms with van der Waals surface area (Å²) >= 11 is 0. The summed E-state index contributed by atoms with van der Waals surface area (Å²) in [7, 11) is 0. The highest BCUT2D eigenvalue weighted by molar-refractivity contribution is 5.70. The minimum absolute atomic E-state index is 0.101. The van der Waals surface area contributed by atoms with Crippen LogP contribution in [-0.4, -0.2) is 39.0 Å². The second-order valence-corrected chi connectivity index (χ2v) is 3.67. The molecular weight excluding hydrogens is 242 g/mol. The maximum Gasteiger partial charge on any atom is 0.308 e. The Morgan fingerprint density at radius 3 is 2.72 bits per heavy atom. The summed E-state index contributed by atoms with van der Waals surface area (Å²) < 4.78 is 4.62. The smallest absolute Gasteiger partial charge is 0.308 e. The van der Waals surface area contributed by atoms with Crippen molar-refractivity contribution < 1.29 is 24.9 Å². The van der Waals surface area contributed by atoms with Crippen LogP contribution < -0.4 is 5.56 Å². The number of aromatic nitrogens is 1. The fourth-order valence-electron chi connectivity index (χ4n) is 1.38. The standard InChI is InChI=1S/C11H15NO6/c1-2-18-9(15)4-7(13)10(16)6-3-8(14)11(17)12-5-6/h3,5,7,10,13-14,16H,2,4H2,1H3,(H,12,17). The predicted octanol–water partition coefficient (Wildman–Crippen LogP) is -0.572. The molecule has 7 heteroatoms. The van der Waals surface area contributed by atoms with Crippen molar-refractivity contribution in [3.63, 3.8) is 0 Å². The molecule has 0 bridgehead atoms. The highest BCUT2D eigenvalue weighted by Gasteiger charge is 2.22. The number of ether oxygens (including phenoxy) is 1. The van der Waals surface area contributed by atoms with Gasteiger partial charge in [-0.3, -0.25) is 9.59 Å². The molecule has 0 spiro atoms. The molecule has 1 aromatic rings. The molecule has 1 heterocycles. The Hall–Kier alpha value is -1.86. The lowest BCUT2D eigenvalue weighted by molar-refractivity contribution is -0.147. The number of hydrogen-bond donors (Lipinski definition) is 4. The van der Waals surface area contributed by atoms with Gasteiger partial charge in [-0.2, -0.15) is 0 Å². The van der Waals surface area contributed by atoms with Crippen molar-refractivity contribution in [1.82, 2.24) is 4.98 Å². The molecule has 1 rings (SSSR count). The number of aliphatic hydroxyl groups excluding tert-OH is 2. The summed E-state index contributed by atoms with van der Waals surface area (Å²) in [4.78, 5) is 24.2. The highest BCUT2D eigenvalue weighted by atomic mass is 16.5. The molecule has 0 radical (unpaired) electrons. The summed E-state index contributed by atoms with van der Waals surface area (Å²) in [6.07, 6.45) is -2.01.